The Hall–Kier alpha value is -1.59. The lowest BCUT2D eigenvalue weighted by atomic mass is 10.0. The molecule has 0 heterocycles. The van der Waals surface area contributed by atoms with Gasteiger partial charge in [0.1, 0.15) is 13.2 Å². The number of hydrogen-bond donors (Lipinski definition) is 0. The van der Waals surface area contributed by atoms with E-state index in [-0.39, 0.29) is 31.1 Å². The lowest BCUT2D eigenvalue weighted by Crippen LogP contribution is -2.30. The Morgan fingerprint density at radius 3 is 0.754 bits per heavy atom. The fraction of sp³-hybridized carbons (Fsp3) is 0.949. The van der Waals surface area contributed by atoms with Crippen molar-refractivity contribution in [3.8, 4) is 0 Å². The van der Waals surface area contributed by atoms with Gasteiger partial charge in [0.15, 0.2) is 6.10 Å². The van der Waals surface area contributed by atoms with Crippen molar-refractivity contribution in [3.05, 3.63) is 0 Å². The van der Waals surface area contributed by atoms with Gasteiger partial charge in [-0.2, -0.15) is 0 Å². The number of carbonyl (C=O) groups is 3. The van der Waals surface area contributed by atoms with Crippen LogP contribution < -0.4 is 0 Å². The zero-order chi connectivity index (χ0) is 47.5. The third kappa shape index (κ3) is 53.2. The molecule has 0 aromatic carbocycles. The van der Waals surface area contributed by atoms with E-state index in [2.05, 4.69) is 34.6 Å². The Morgan fingerprint density at radius 2 is 0.508 bits per heavy atom. The summed E-state index contributed by atoms with van der Waals surface area (Å²) in [5.41, 5.74) is 0. The molecule has 65 heavy (non-hydrogen) atoms. The molecule has 0 aromatic heterocycles. The van der Waals surface area contributed by atoms with Gasteiger partial charge in [0, 0.05) is 19.3 Å². The highest BCUT2D eigenvalue weighted by Crippen LogP contribution is 2.18. The molecule has 0 saturated heterocycles. The fourth-order valence-corrected chi connectivity index (χ4v) is 9.05. The molecule has 0 saturated carbocycles. The molecular weight excluding hydrogens is 805 g/mol. The predicted molar refractivity (Wildman–Crippen MR) is 280 cm³/mol. The monoisotopic (exact) mass is 919 g/mol. The lowest BCUT2D eigenvalue weighted by molar-refractivity contribution is -0.167. The summed E-state index contributed by atoms with van der Waals surface area (Å²) >= 11 is 0. The van der Waals surface area contributed by atoms with Gasteiger partial charge in [-0.15, -0.1) is 0 Å². The van der Waals surface area contributed by atoms with Crippen LogP contribution in [-0.2, 0) is 28.6 Å². The third-order valence-corrected chi connectivity index (χ3v) is 13.5. The summed E-state index contributed by atoms with van der Waals surface area (Å²) in [5, 5.41) is 0. The third-order valence-electron chi connectivity index (χ3n) is 13.5. The average molecular weight is 920 g/mol. The topological polar surface area (TPSA) is 78.9 Å². The van der Waals surface area contributed by atoms with E-state index in [0.717, 1.165) is 69.6 Å². The molecular formula is C59H114O6. The summed E-state index contributed by atoms with van der Waals surface area (Å²) in [6.45, 7) is 11.4. The van der Waals surface area contributed by atoms with Crippen molar-refractivity contribution in [2.45, 2.75) is 336 Å². The van der Waals surface area contributed by atoms with E-state index in [1.807, 2.05) is 0 Å². The number of rotatable bonds is 53. The Labute approximate surface area is 406 Å². The molecule has 0 aliphatic rings. The van der Waals surface area contributed by atoms with Gasteiger partial charge < -0.3 is 14.2 Å². The zero-order valence-electron chi connectivity index (χ0n) is 44.6. The first-order valence-electron chi connectivity index (χ1n) is 29.2. The Morgan fingerprint density at radius 1 is 0.292 bits per heavy atom. The summed E-state index contributed by atoms with van der Waals surface area (Å²) in [7, 11) is 0. The number of hydrogen-bond acceptors (Lipinski definition) is 6. The molecule has 6 nitrogen and oxygen atoms in total. The highest BCUT2D eigenvalue weighted by molar-refractivity contribution is 5.71. The van der Waals surface area contributed by atoms with E-state index < -0.39 is 6.10 Å². The smallest absolute Gasteiger partial charge is 0.306 e. The van der Waals surface area contributed by atoms with Crippen LogP contribution in [0.4, 0.5) is 0 Å². The first-order chi connectivity index (χ1) is 31.7. The standard InChI is InChI=1S/C59H114O6/c1-6-7-8-9-10-11-12-13-14-15-16-17-18-21-24-29-34-39-44-49-57(60)63-52-56(53-64-58(61)50-45-40-35-31-26-28-33-38-43-48-55(4)5)65-59(62)51-46-41-36-30-25-22-19-20-23-27-32-37-42-47-54(2)3/h54-56H,6-53H2,1-5H3/t56-/m0/s1. The minimum Gasteiger partial charge on any atom is -0.462 e. The van der Waals surface area contributed by atoms with Gasteiger partial charge in [-0.05, 0) is 31.1 Å². The first-order valence-corrected chi connectivity index (χ1v) is 29.2. The van der Waals surface area contributed by atoms with Gasteiger partial charge in [0.2, 0.25) is 0 Å². The van der Waals surface area contributed by atoms with Crippen LogP contribution in [0.1, 0.15) is 330 Å². The van der Waals surface area contributed by atoms with Crippen LogP contribution in [0.3, 0.4) is 0 Å². The van der Waals surface area contributed by atoms with Gasteiger partial charge in [0.05, 0.1) is 0 Å². The number of carbonyl (C=O) groups excluding carboxylic acids is 3. The SMILES string of the molecule is CCCCCCCCCCCCCCCCCCCCCC(=O)OC[C@@H](COC(=O)CCCCCCCCCCCC(C)C)OC(=O)CCCCCCCCCCCCCCCC(C)C. The largest absolute Gasteiger partial charge is 0.462 e. The number of esters is 3. The molecule has 0 fully saturated rings. The second kappa shape index (κ2) is 51.8. The predicted octanol–water partition coefficient (Wildman–Crippen LogP) is 19.3. The maximum Gasteiger partial charge on any atom is 0.306 e. The van der Waals surface area contributed by atoms with E-state index >= 15 is 0 Å². The Bertz CT molecular complexity index is 993. The molecule has 0 bridgehead atoms. The molecule has 0 amide bonds. The normalized spacial score (nSPS) is 12.0. The second-order valence-electron chi connectivity index (χ2n) is 21.2. The number of unbranched alkanes of at least 4 members (excludes halogenated alkanes) is 38. The van der Waals surface area contributed by atoms with Crippen molar-refractivity contribution in [2.24, 2.45) is 11.8 Å². The summed E-state index contributed by atoms with van der Waals surface area (Å²) in [6.07, 6.45) is 55.3. The fourth-order valence-electron chi connectivity index (χ4n) is 9.05. The maximum absolute atomic E-state index is 12.8. The highest BCUT2D eigenvalue weighted by atomic mass is 16.6. The van der Waals surface area contributed by atoms with Gasteiger partial charge in [-0.3, -0.25) is 14.4 Å². The van der Waals surface area contributed by atoms with Crippen LogP contribution in [0.2, 0.25) is 0 Å². The van der Waals surface area contributed by atoms with E-state index in [0.29, 0.717) is 19.3 Å². The molecule has 0 aliphatic carbocycles. The van der Waals surface area contributed by atoms with Crippen molar-refractivity contribution in [2.75, 3.05) is 13.2 Å². The molecule has 0 rings (SSSR count). The highest BCUT2D eigenvalue weighted by Gasteiger charge is 2.19. The molecule has 0 unspecified atom stereocenters. The second-order valence-corrected chi connectivity index (χ2v) is 21.2. The van der Waals surface area contributed by atoms with Crippen LogP contribution in [0.15, 0.2) is 0 Å². The van der Waals surface area contributed by atoms with Crippen molar-refractivity contribution in [1.29, 1.82) is 0 Å². The zero-order valence-corrected chi connectivity index (χ0v) is 44.6. The molecule has 6 heteroatoms. The van der Waals surface area contributed by atoms with Gasteiger partial charge in [-0.25, -0.2) is 0 Å². The maximum atomic E-state index is 12.8. The minimum absolute atomic E-state index is 0.0629. The van der Waals surface area contributed by atoms with Crippen molar-refractivity contribution >= 4 is 17.9 Å². The summed E-state index contributed by atoms with van der Waals surface area (Å²) in [6, 6.07) is 0. The molecule has 0 aromatic rings. The molecule has 386 valence electrons. The van der Waals surface area contributed by atoms with Crippen LogP contribution in [-0.4, -0.2) is 37.2 Å². The van der Waals surface area contributed by atoms with Gasteiger partial charge in [-0.1, -0.05) is 291 Å². The van der Waals surface area contributed by atoms with Crippen LogP contribution in [0, 0.1) is 11.8 Å². The minimum atomic E-state index is -0.763. The van der Waals surface area contributed by atoms with Crippen LogP contribution in [0.25, 0.3) is 0 Å². The lowest BCUT2D eigenvalue weighted by Gasteiger charge is -2.18. The number of ether oxygens (including phenoxy) is 3. The molecule has 0 aliphatic heterocycles. The first kappa shape index (κ1) is 63.4. The van der Waals surface area contributed by atoms with Crippen molar-refractivity contribution in [3.63, 3.8) is 0 Å². The Balaban J connectivity index is 4.26. The van der Waals surface area contributed by atoms with E-state index in [1.54, 1.807) is 0 Å². The van der Waals surface area contributed by atoms with Crippen LogP contribution in [0.5, 0.6) is 0 Å². The molecule has 0 radical (unpaired) electrons. The summed E-state index contributed by atoms with van der Waals surface area (Å²) < 4.78 is 16.9. The average Bonchev–Trinajstić information content (AvgIpc) is 3.28. The molecule has 0 spiro atoms. The van der Waals surface area contributed by atoms with E-state index in [9.17, 15) is 14.4 Å². The van der Waals surface area contributed by atoms with Crippen LogP contribution >= 0.6 is 0 Å². The van der Waals surface area contributed by atoms with Crippen molar-refractivity contribution < 1.29 is 28.6 Å². The summed E-state index contributed by atoms with van der Waals surface area (Å²) in [4.78, 5) is 38.1. The quantitative estimate of drug-likeness (QED) is 0.0344. The van der Waals surface area contributed by atoms with E-state index in [4.69, 9.17) is 14.2 Å². The Kier molecular flexibility index (Phi) is 50.5. The van der Waals surface area contributed by atoms with Gasteiger partial charge >= 0.3 is 17.9 Å². The van der Waals surface area contributed by atoms with E-state index in [1.165, 1.54) is 218 Å². The van der Waals surface area contributed by atoms with Crippen molar-refractivity contribution in [1.82, 2.24) is 0 Å². The molecule has 0 N–H and O–H groups in total. The summed E-state index contributed by atoms with van der Waals surface area (Å²) in [5.74, 6) is 0.806. The van der Waals surface area contributed by atoms with Gasteiger partial charge in [0.25, 0.3) is 0 Å². The molecule has 1 atom stereocenters.